The normalized spacial score (nSPS) is 29.7. The number of nitrogens with one attached hydrogen (secondary N) is 1. The molecule has 3 aromatic carbocycles. The van der Waals surface area contributed by atoms with Gasteiger partial charge in [0.1, 0.15) is 18.3 Å². The number of carbonyl (C=O) groups excluding carboxylic acids is 3. The first kappa shape index (κ1) is 38.7. The van der Waals surface area contributed by atoms with Crippen molar-refractivity contribution in [1.29, 1.82) is 0 Å². The average Bonchev–Trinajstić information content (AvgIpc) is 3.55. The molecule has 0 saturated carbocycles. The van der Waals surface area contributed by atoms with E-state index in [1.165, 1.54) is 0 Å². The minimum Gasteiger partial charge on any atom is -0.432 e. The summed E-state index contributed by atoms with van der Waals surface area (Å²) >= 11 is 0. The van der Waals surface area contributed by atoms with Crippen molar-refractivity contribution < 1.29 is 54.2 Å². The highest BCUT2D eigenvalue weighted by molar-refractivity contribution is 6.71. The van der Waals surface area contributed by atoms with Gasteiger partial charge in [0.2, 0.25) is 5.91 Å². The third kappa shape index (κ3) is 7.41. The van der Waals surface area contributed by atoms with Gasteiger partial charge < -0.3 is 54.9 Å². The monoisotopic (exact) mass is 749 g/mol. The molecule has 3 aromatic rings. The van der Waals surface area contributed by atoms with Gasteiger partial charge in [-0.1, -0.05) is 67.6 Å². The number of nitrogens with zero attached hydrogens (tertiary/aromatic N) is 2. The maximum absolute atomic E-state index is 14.8. The highest BCUT2D eigenvalue weighted by Gasteiger charge is 2.66. The molecule has 0 bridgehead atoms. The van der Waals surface area contributed by atoms with Crippen LogP contribution in [0.25, 0.3) is 0 Å². The molecule has 0 aromatic heterocycles. The van der Waals surface area contributed by atoms with Gasteiger partial charge in [-0.05, 0) is 42.4 Å². The van der Waals surface area contributed by atoms with Crippen LogP contribution >= 0.6 is 0 Å². The number of amides is 3. The Balaban J connectivity index is 1.25. The molecule has 9 atom stereocenters. The second-order valence-corrected chi connectivity index (χ2v) is 18.6. The van der Waals surface area contributed by atoms with Crippen LogP contribution in [0.2, 0.25) is 18.6 Å². The first-order valence-electron chi connectivity index (χ1n) is 17.7. The van der Waals surface area contributed by atoms with Crippen LogP contribution < -0.4 is 10.2 Å². The molecule has 284 valence electrons. The van der Waals surface area contributed by atoms with Gasteiger partial charge in [-0.3, -0.25) is 14.4 Å². The van der Waals surface area contributed by atoms with Crippen molar-refractivity contribution in [3.8, 4) is 0 Å². The van der Waals surface area contributed by atoms with E-state index < -0.39 is 68.1 Å². The number of benzene rings is 3. The second-order valence-electron chi connectivity index (χ2n) is 14.6. The van der Waals surface area contributed by atoms with Crippen LogP contribution in [0.3, 0.4) is 0 Å². The van der Waals surface area contributed by atoms with Crippen molar-refractivity contribution in [2.24, 2.45) is 5.92 Å². The largest absolute Gasteiger partial charge is 0.432 e. The summed E-state index contributed by atoms with van der Waals surface area (Å²) in [6, 6.07) is 23.4. The lowest BCUT2D eigenvalue weighted by Crippen LogP contribution is -2.60. The van der Waals surface area contributed by atoms with E-state index >= 15 is 0 Å². The average molecular weight is 750 g/mol. The lowest BCUT2D eigenvalue weighted by atomic mass is 9.82. The summed E-state index contributed by atoms with van der Waals surface area (Å²) in [5.74, 6) is -1.99. The van der Waals surface area contributed by atoms with Gasteiger partial charge in [0, 0.05) is 35.8 Å². The number of fused-ring (bicyclic) bond motifs is 2. The predicted octanol–water partition coefficient (Wildman–Crippen LogP) is 1.18. The highest BCUT2D eigenvalue weighted by atomic mass is 28.4. The van der Waals surface area contributed by atoms with E-state index in [-0.39, 0.29) is 50.2 Å². The lowest BCUT2D eigenvalue weighted by molar-refractivity contribution is -0.274. The fourth-order valence-corrected chi connectivity index (χ4v) is 10.7. The van der Waals surface area contributed by atoms with Crippen LogP contribution in [0.4, 0.5) is 11.4 Å². The Morgan fingerprint density at radius 3 is 2.30 bits per heavy atom. The number of ether oxygens (including phenoxy) is 2. The lowest BCUT2D eigenvalue weighted by Gasteiger charge is -2.37. The zero-order valence-corrected chi connectivity index (χ0v) is 30.8. The highest BCUT2D eigenvalue weighted by Crippen LogP contribution is 2.59. The minimum atomic E-state index is -3.07. The molecule has 2 fully saturated rings. The predicted molar refractivity (Wildman–Crippen MR) is 194 cm³/mol. The van der Waals surface area contributed by atoms with E-state index in [1.807, 2.05) is 61.5 Å². The molecule has 6 rings (SSSR count). The van der Waals surface area contributed by atoms with E-state index in [4.69, 9.17) is 9.47 Å². The molecular weight excluding hydrogens is 703 g/mol. The Kier molecular flexibility index (Phi) is 11.2. The molecule has 3 aliphatic rings. The molecule has 14 nitrogen and oxygen atoms in total. The van der Waals surface area contributed by atoms with Crippen molar-refractivity contribution in [1.82, 2.24) is 4.90 Å². The molecule has 0 radical (unpaired) electrons. The van der Waals surface area contributed by atoms with Crippen molar-refractivity contribution in [3.63, 3.8) is 0 Å². The van der Waals surface area contributed by atoms with Crippen molar-refractivity contribution >= 4 is 37.4 Å². The van der Waals surface area contributed by atoms with Crippen LogP contribution in [-0.4, -0.2) is 111 Å². The van der Waals surface area contributed by atoms with Gasteiger partial charge in [-0.25, -0.2) is 0 Å². The zero-order valence-electron chi connectivity index (χ0n) is 29.8. The summed E-state index contributed by atoms with van der Waals surface area (Å²) in [6.07, 6.45) is -9.81. The van der Waals surface area contributed by atoms with E-state index in [9.17, 15) is 44.7 Å². The summed E-state index contributed by atoms with van der Waals surface area (Å²) in [7, 11) is -3.07. The van der Waals surface area contributed by atoms with Crippen LogP contribution in [-0.2, 0) is 42.5 Å². The van der Waals surface area contributed by atoms with Gasteiger partial charge in [0.15, 0.2) is 26.3 Å². The molecule has 2 saturated heterocycles. The van der Waals surface area contributed by atoms with E-state index in [1.54, 1.807) is 47.2 Å². The fraction of sp³-hybridized carbons (Fsp3) is 0.447. The van der Waals surface area contributed by atoms with Gasteiger partial charge in [-0.15, -0.1) is 0 Å². The summed E-state index contributed by atoms with van der Waals surface area (Å²) in [6.45, 7) is 5.70. The maximum Gasteiger partial charge on any atom is 0.264 e. The molecule has 3 amide bonds. The smallest absolute Gasteiger partial charge is 0.264 e. The quantitative estimate of drug-likeness (QED) is 0.139. The fourth-order valence-electron chi connectivity index (χ4n) is 8.13. The zero-order chi connectivity index (χ0) is 38.2. The van der Waals surface area contributed by atoms with Crippen LogP contribution in [0.15, 0.2) is 78.9 Å². The van der Waals surface area contributed by atoms with Crippen LogP contribution in [0, 0.1) is 5.92 Å². The minimum absolute atomic E-state index is 0.0686. The van der Waals surface area contributed by atoms with E-state index in [0.29, 0.717) is 16.8 Å². The molecule has 3 aliphatic heterocycles. The number of hydrogen-bond acceptors (Lipinski definition) is 11. The topological polar surface area (TPSA) is 210 Å². The Morgan fingerprint density at radius 2 is 1.60 bits per heavy atom. The van der Waals surface area contributed by atoms with Crippen LogP contribution in [0.5, 0.6) is 0 Å². The number of hydrogen-bond donors (Lipinski definition) is 7. The van der Waals surface area contributed by atoms with Gasteiger partial charge in [0.25, 0.3) is 11.8 Å². The Bertz CT molecular complexity index is 1810. The first-order valence-corrected chi connectivity index (χ1v) is 20.7. The van der Waals surface area contributed by atoms with Gasteiger partial charge >= 0.3 is 0 Å². The molecular formula is C38H47N3O11Si. The number of para-hydroxylation sites is 1. The van der Waals surface area contributed by atoms with Crippen molar-refractivity contribution in [2.75, 3.05) is 23.4 Å². The third-order valence-corrected chi connectivity index (χ3v) is 13.1. The molecule has 1 spiro atoms. The van der Waals surface area contributed by atoms with Crippen molar-refractivity contribution in [3.05, 3.63) is 95.6 Å². The van der Waals surface area contributed by atoms with Crippen LogP contribution in [0.1, 0.15) is 30.0 Å². The molecule has 3 heterocycles. The van der Waals surface area contributed by atoms with Gasteiger partial charge in [0.05, 0.1) is 31.4 Å². The third-order valence-electron chi connectivity index (χ3n) is 10.6. The number of aliphatic hydroxyl groups excluding tert-OH is 5. The number of aliphatic hydroxyl groups is 5. The SMILES string of the molecule is C[C@@H]1[C@@H]([Si](C)(C)O)[C@H](CC(=O)N(CCO)Cc2ccccc2)O[C@@]12C(=O)N(Cc1cccc(NC(=O)[C@H]3O[C@@H](O)[C@H](O)[C@@H](O)[C@@H]3O)c1)c1ccccc12. The number of anilines is 2. The summed E-state index contributed by atoms with van der Waals surface area (Å²) < 4.78 is 11.9. The standard InChI is InChI=1S/C38H47N3O11Si/c1-22-34(53(2,3)50)28(19-29(43)40(16-17-42)20-23-10-5-4-6-11-23)52-38(22)26-14-7-8-15-27(26)41(37(38)49)21-24-12-9-13-25(18-24)39-35(47)33-31(45)30(44)32(46)36(48)51-33/h4-15,18,22,28,30-34,36,42,44-46,48,50H,16-17,19-21H2,1-3H3,(H,39,47)/t22-,28+,30+,31+,32-,33+,34-,36-,38+/m1/s1. The summed E-state index contributed by atoms with van der Waals surface area (Å²) in [5.41, 5.74) is 1.05. The molecule has 53 heavy (non-hydrogen) atoms. The number of rotatable bonds is 11. The Hall–Kier alpha value is -4.03. The maximum atomic E-state index is 14.8. The Morgan fingerprint density at radius 1 is 0.925 bits per heavy atom. The molecule has 7 N–H and O–H groups in total. The Labute approximate surface area is 308 Å². The molecule has 0 aliphatic carbocycles. The van der Waals surface area contributed by atoms with E-state index in [0.717, 1.165) is 5.56 Å². The summed E-state index contributed by atoms with van der Waals surface area (Å²) in [4.78, 5) is 56.5. The summed E-state index contributed by atoms with van der Waals surface area (Å²) in [5, 5.41) is 52.4. The second kappa shape index (κ2) is 15.4. The van der Waals surface area contributed by atoms with E-state index in [2.05, 4.69) is 5.32 Å². The van der Waals surface area contributed by atoms with Gasteiger partial charge in [-0.2, -0.15) is 0 Å². The molecule has 0 unspecified atom stereocenters. The molecule has 15 heteroatoms. The van der Waals surface area contributed by atoms with Crippen molar-refractivity contribution in [2.45, 2.75) is 87.5 Å². The number of carbonyl (C=O) groups is 3. The first-order chi connectivity index (χ1) is 25.2.